The van der Waals surface area contributed by atoms with Crippen molar-refractivity contribution in [1.29, 1.82) is 0 Å². The molecular formula is C11H15N. The van der Waals surface area contributed by atoms with Crippen LogP contribution in [0, 0.1) is 12.3 Å². The second kappa shape index (κ2) is 6.42. The number of nitrogens with zero attached hydrogens (tertiary/aromatic N) is 1. The molecule has 0 fully saturated rings. The summed E-state index contributed by atoms with van der Waals surface area (Å²) in [6, 6.07) is 3.90. The minimum absolute atomic E-state index is 0.722. The van der Waals surface area contributed by atoms with Crippen LogP contribution in [-0.4, -0.2) is 4.98 Å². The summed E-state index contributed by atoms with van der Waals surface area (Å²) in [7, 11) is 0. The van der Waals surface area contributed by atoms with Gasteiger partial charge in [-0.1, -0.05) is 26.7 Å². The predicted molar refractivity (Wildman–Crippen MR) is 52.9 cm³/mol. The third-order valence-electron chi connectivity index (χ3n) is 1.38. The van der Waals surface area contributed by atoms with E-state index in [0.29, 0.717) is 0 Å². The zero-order valence-corrected chi connectivity index (χ0v) is 7.96. The number of pyridine rings is 1. The summed E-state index contributed by atoms with van der Waals surface area (Å²) >= 11 is 0. The van der Waals surface area contributed by atoms with Crippen LogP contribution in [0.25, 0.3) is 0 Å². The number of hydrogen-bond acceptors (Lipinski definition) is 1. The number of aromatic nitrogens is 1. The van der Waals surface area contributed by atoms with Crippen LogP contribution < -0.4 is 0 Å². The van der Waals surface area contributed by atoms with E-state index in [1.165, 1.54) is 5.56 Å². The van der Waals surface area contributed by atoms with E-state index in [2.05, 4.69) is 17.8 Å². The van der Waals surface area contributed by atoms with Gasteiger partial charge in [0.05, 0.1) is 0 Å². The van der Waals surface area contributed by atoms with Crippen LogP contribution in [0.1, 0.15) is 32.0 Å². The van der Waals surface area contributed by atoms with Gasteiger partial charge in [0.1, 0.15) is 5.69 Å². The fraction of sp³-hybridized carbons (Fsp3) is 0.364. The first-order valence-electron chi connectivity index (χ1n) is 4.28. The Balaban J connectivity index is 0.000000561. The van der Waals surface area contributed by atoms with E-state index < -0.39 is 0 Å². The molecular weight excluding hydrogens is 146 g/mol. The molecule has 0 aliphatic heterocycles. The molecule has 0 aromatic carbocycles. The van der Waals surface area contributed by atoms with E-state index in [-0.39, 0.29) is 0 Å². The monoisotopic (exact) mass is 161 g/mol. The van der Waals surface area contributed by atoms with Crippen molar-refractivity contribution in [3.8, 4) is 12.3 Å². The Morgan fingerprint density at radius 1 is 1.50 bits per heavy atom. The maximum absolute atomic E-state index is 5.16. The van der Waals surface area contributed by atoms with E-state index in [1.54, 1.807) is 6.20 Å². The zero-order valence-electron chi connectivity index (χ0n) is 7.96. The van der Waals surface area contributed by atoms with E-state index in [1.807, 2.05) is 26.0 Å². The molecule has 0 saturated heterocycles. The van der Waals surface area contributed by atoms with Crippen LogP contribution in [0.15, 0.2) is 18.3 Å². The van der Waals surface area contributed by atoms with Crippen molar-refractivity contribution in [2.24, 2.45) is 0 Å². The molecule has 0 radical (unpaired) electrons. The summed E-state index contributed by atoms with van der Waals surface area (Å²) in [6.45, 7) is 6.09. The van der Waals surface area contributed by atoms with Crippen molar-refractivity contribution in [2.45, 2.75) is 27.2 Å². The van der Waals surface area contributed by atoms with Crippen molar-refractivity contribution >= 4 is 0 Å². The first kappa shape index (κ1) is 10.7. The molecule has 1 heteroatoms. The van der Waals surface area contributed by atoms with Gasteiger partial charge in [-0.05, 0) is 24.1 Å². The number of hydrogen-bond donors (Lipinski definition) is 0. The minimum atomic E-state index is 0.722. The average Bonchev–Trinajstić information content (AvgIpc) is 2.21. The molecule has 64 valence electrons. The summed E-state index contributed by atoms with van der Waals surface area (Å²) < 4.78 is 0. The van der Waals surface area contributed by atoms with Gasteiger partial charge in [0.2, 0.25) is 0 Å². The van der Waals surface area contributed by atoms with Crippen LogP contribution in [0.2, 0.25) is 0 Å². The third kappa shape index (κ3) is 3.21. The lowest BCUT2D eigenvalue weighted by Crippen LogP contribution is -1.84. The van der Waals surface area contributed by atoms with Gasteiger partial charge in [-0.15, -0.1) is 6.42 Å². The largest absolute Gasteiger partial charge is 0.248 e. The lowest BCUT2D eigenvalue weighted by molar-refractivity contribution is 1.11. The van der Waals surface area contributed by atoms with Crippen LogP contribution in [0.5, 0.6) is 0 Å². The van der Waals surface area contributed by atoms with Crippen molar-refractivity contribution in [3.05, 3.63) is 29.6 Å². The SMILES string of the molecule is C#Cc1cc(CC)ccn1.CC. The molecule has 1 aromatic heterocycles. The third-order valence-corrected chi connectivity index (χ3v) is 1.38. The van der Waals surface area contributed by atoms with Crippen molar-refractivity contribution < 1.29 is 0 Å². The highest BCUT2D eigenvalue weighted by Crippen LogP contribution is 2.00. The highest BCUT2D eigenvalue weighted by molar-refractivity contribution is 5.28. The second-order valence-corrected chi connectivity index (χ2v) is 2.05. The van der Waals surface area contributed by atoms with Gasteiger partial charge in [-0.25, -0.2) is 4.98 Å². The van der Waals surface area contributed by atoms with Gasteiger partial charge < -0.3 is 0 Å². The van der Waals surface area contributed by atoms with E-state index in [9.17, 15) is 0 Å². The average molecular weight is 161 g/mol. The molecule has 0 atom stereocenters. The Kier molecular flexibility index (Phi) is 5.73. The number of terminal acetylenes is 1. The summed E-state index contributed by atoms with van der Waals surface area (Å²) in [4.78, 5) is 3.97. The standard InChI is InChI=1S/C9H9N.C2H6/c1-3-8-5-6-10-9(4-2)7-8;1-2/h2,5-7H,3H2,1H3;1-2H3. The van der Waals surface area contributed by atoms with Gasteiger partial charge in [0.25, 0.3) is 0 Å². The number of rotatable bonds is 1. The van der Waals surface area contributed by atoms with Gasteiger partial charge in [0.15, 0.2) is 0 Å². The highest BCUT2D eigenvalue weighted by Gasteiger charge is 1.89. The Morgan fingerprint density at radius 3 is 2.67 bits per heavy atom. The molecule has 1 nitrogen and oxygen atoms in total. The molecule has 1 heterocycles. The quantitative estimate of drug-likeness (QED) is 0.577. The summed E-state index contributed by atoms with van der Waals surface area (Å²) in [5, 5.41) is 0. The highest BCUT2D eigenvalue weighted by atomic mass is 14.6. The Labute approximate surface area is 74.8 Å². The maximum Gasteiger partial charge on any atom is 0.113 e. The summed E-state index contributed by atoms with van der Waals surface area (Å²) in [6.07, 6.45) is 7.92. The first-order valence-corrected chi connectivity index (χ1v) is 4.28. The summed E-state index contributed by atoms with van der Waals surface area (Å²) in [5.74, 6) is 2.49. The molecule has 0 N–H and O–H groups in total. The van der Waals surface area contributed by atoms with Gasteiger partial charge in [-0.2, -0.15) is 0 Å². The Hall–Kier alpha value is -1.29. The Bertz CT molecular complexity index is 258. The lowest BCUT2D eigenvalue weighted by Gasteiger charge is -1.94. The van der Waals surface area contributed by atoms with Crippen LogP contribution >= 0.6 is 0 Å². The second-order valence-electron chi connectivity index (χ2n) is 2.05. The van der Waals surface area contributed by atoms with Crippen LogP contribution in [0.3, 0.4) is 0 Å². The molecule has 12 heavy (non-hydrogen) atoms. The number of aryl methyl sites for hydroxylation is 1. The zero-order chi connectivity index (χ0) is 9.40. The van der Waals surface area contributed by atoms with E-state index in [4.69, 9.17) is 6.42 Å². The van der Waals surface area contributed by atoms with Gasteiger partial charge in [-0.3, -0.25) is 0 Å². The summed E-state index contributed by atoms with van der Waals surface area (Å²) in [5.41, 5.74) is 1.96. The van der Waals surface area contributed by atoms with Crippen LogP contribution in [0.4, 0.5) is 0 Å². The Morgan fingerprint density at radius 2 is 2.17 bits per heavy atom. The van der Waals surface area contributed by atoms with Gasteiger partial charge >= 0.3 is 0 Å². The molecule has 1 aromatic rings. The van der Waals surface area contributed by atoms with Crippen molar-refractivity contribution in [1.82, 2.24) is 4.98 Å². The molecule has 0 aliphatic rings. The minimum Gasteiger partial charge on any atom is -0.248 e. The molecule has 0 bridgehead atoms. The molecule has 0 unspecified atom stereocenters. The van der Waals surface area contributed by atoms with Crippen molar-refractivity contribution in [2.75, 3.05) is 0 Å². The first-order chi connectivity index (χ1) is 5.86. The molecule has 0 amide bonds. The van der Waals surface area contributed by atoms with Gasteiger partial charge in [0, 0.05) is 6.20 Å². The molecule has 0 spiro atoms. The smallest absolute Gasteiger partial charge is 0.113 e. The lowest BCUT2D eigenvalue weighted by atomic mass is 10.2. The molecule has 0 aliphatic carbocycles. The van der Waals surface area contributed by atoms with E-state index in [0.717, 1.165) is 12.1 Å². The van der Waals surface area contributed by atoms with E-state index >= 15 is 0 Å². The van der Waals surface area contributed by atoms with Crippen LogP contribution in [-0.2, 0) is 6.42 Å². The fourth-order valence-electron chi connectivity index (χ4n) is 0.773. The maximum atomic E-state index is 5.16. The normalized spacial score (nSPS) is 7.83. The van der Waals surface area contributed by atoms with Crippen molar-refractivity contribution in [3.63, 3.8) is 0 Å². The predicted octanol–water partition coefficient (Wildman–Crippen LogP) is 2.65. The molecule has 0 saturated carbocycles. The molecule has 1 rings (SSSR count). The fourth-order valence-corrected chi connectivity index (χ4v) is 0.773. The topological polar surface area (TPSA) is 12.9 Å².